The van der Waals surface area contributed by atoms with E-state index in [0.29, 0.717) is 40.2 Å². The Kier molecular flexibility index (Phi) is 20.2. The monoisotopic (exact) mass is 1240 g/mol. The molecule has 4 aliphatic heterocycles. The molecule has 4 N–H and O–H groups in total. The Morgan fingerprint density at radius 2 is 0.988 bits per heavy atom. The number of phosphoric ester groups is 1. The summed E-state index contributed by atoms with van der Waals surface area (Å²) in [5.41, 5.74) is 12.1. The molecular weight excluding hydrogens is 1160 g/mol. The van der Waals surface area contributed by atoms with Gasteiger partial charge in [-0.25, -0.2) is 23.6 Å². The van der Waals surface area contributed by atoms with Crippen LogP contribution in [0, 0.1) is 22.7 Å². The summed E-state index contributed by atoms with van der Waals surface area (Å²) in [5, 5.41) is 31.1. The first kappa shape index (κ1) is 63.4. The number of nitrogens with zero attached hydrogens (tertiary/aromatic N) is 8. The minimum atomic E-state index is -4.76. The molecule has 6 aromatic rings. The molecule has 24 heteroatoms. The average molecular weight is 1240 g/mol. The number of rotatable bonds is 31. The number of aromatic nitrogens is 6. The molecule has 4 saturated heterocycles. The molecule has 0 aliphatic carbocycles. The zero-order valence-corrected chi connectivity index (χ0v) is 52.1. The largest absolute Gasteiger partial charge is 0.587 e. The van der Waals surface area contributed by atoms with Crippen LogP contribution in [-0.4, -0.2) is 96.2 Å². The summed E-state index contributed by atoms with van der Waals surface area (Å²) < 4.78 is 82.4. The van der Waals surface area contributed by atoms with Crippen molar-refractivity contribution in [1.29, 1.82) is 10.5 Å². The number of nitriles is 2. The van der Waals surface area contributed by atoms with Gasteiger partial charge in [-0.1, -0.05) is 151 Å². The summed E-state index contributed by atoms with van der Waals surface area (Å²) >= 11 is 14.5. The highest BCUT2D eigenvalue weighted by Gasteiger charge is 2.66. The predicted molar refractivity (Wildman–Crippen MR) is 322 cm³/mol. The Bertz CT molecular complexity index is 3250. The van der Waals surface area contributed by atoms with Gasteiger partial charge in [0.2, 0.25) is 0 Å². The van der Waals surface area contributed by atoms with Gasteiger partial charge in [-0.05, 0) is 81.6 Å². The van der Waals surface area contributed by atoms with Gasteiger partial charge >= 0.3 is 7.82 Å². The third-order valence-corrected chi connectivity index (χ3v) is 18.7. The Balaban J connectivity index is 0.836. The number of fused-ring (bicyclic) bond motifs is 4. The second kappa shape index (κ2) is 27.4. The molecule has 4 unspecified atom stereocenters. The lowest BCUT2D eigenvalue weighted by Crippen LogP contribution is -2.44. The van der Waals surface area contributed by atoms with Crippen LogP contribution < -0.4 is 20.5 Å². The van der Waals surface area contributed by atoms with Gasteiger partial charge in [-0.15, -0.1) is 0 Å². The molecule has 86 heavy (non-hydrogen) atoms. The van der Waals surface area contributed by atoms with Gasteiger partial charge in [0.15, 0.2) is 45.9 Å². The van der Waals surface area contributed by atoms with E-state index in [1.165, 1.54) is 108 Å². The van der Waals surface area contributed by atoms with Crippen molar-refractivity contribution in [3.05, 3.63) is 106 Å². The number of ether oxygens (including phenoxy) is 7. The van der Waals surface area contributed by atoms with E-state index in [1.54, 1.807) is 85.3 Å². The van der Waals surface area contributed by atoms with Crippen LogP contribution in [0.25, 0.3) is 11.0 Å². The topological polar surface area (TPSA) is 269 Å². The molecule has 462 valence electrons. The molecule has 4 aromatic heterocycles. The average Bonchev–Trinajstić information content (AvgIpc) is 1.59. The van der Waals surface area contributed by atoms with Crippen molar-refractivity contribution >= 4 is 53.7 Å². The number of phosphoric acid groups is 1. The maximum Gasteiger partial charge on any atom is 0.587 e. The lowest BCUT2D eigenvalue weighted by Gasteiger charge is -2.30. The maximum absolute atomic E-state index is 15.3. The summed E-state index contributed by atoms with van der Waals surface area (Å²) in [6.07, 6.45) is 17.6. The van der Waals surface area contributed by atoms with Crippen LogP contribution in [0.5, 0.6) is 11.5 Å². The van der Waals surface area contributed by atoms with Crippen LogP contribution >= 0.6 is 31.0 Å². The molecular formula is C62H79Cl2N10O11P. The Morgan fingerprint density at radius 1 is 0.570 bits per heavy atom. The predicted octanol–water partition coefficient (Wildman–Crippen LogP) is 13.3. The van der Waals surface area contributed by atoms with E-state index < -0.39 is 67.2 Å². The van der Waals surface area contributed by atoms with Gasteiger partial charge < -0.3 is 53.7 Å². The van der Waals surface area contributed by atoms with E-state index in [4.69, 9.17) is 81.4 Å². The Labute approximate surface area is 512 Å². The van der Waals surface area contributed by atoms with E-state index in [0.717, 1.165) is 19.3 Å². The number of unbranched alkanes of at least 4 members (excludes halogenated alkanes) is 15. The summed E-state index contributed by atoms with van der Waals surface area (Å²) in [6.45, 7) is 9.67. The van der Waals surface area contributed by atoms with Gasteiger partial charge in [0.25, 0.3) is 0 Å². The normalized spacial score (nSPS) is 25.3. The number of benzene rings is 2. The number of anilines is 2. The van der Waals surface area contributed by atoms with Gasteiger partial charge in [-0.2, -0.15) is 20.7 Å². The standard InChI is InChI=1S/C62H79Cl2N10O11P/c1-6-7-8-9-10-11-12-13-14-15-16-17-18-19-20-21-32-76-33-34-77-86(75,84-47-26-22-24-41(49(47)63)35-61(37-65)55-53(78-59(2,3)82-55)51(80-61)43-28-30-45-57(67)69-39-71-73(43)45)85-48-27-23-25-42(50(48)64)36-62(38-66)56-54(79-60(4,5)83-56)52(81-62)44-29-31-46-58(68)70-40-72-74(44)46/h22-31,39-40,51-56H,6-21,32-36H2,1-5H3,(H2,67,69,71)(H2,68,70,72)/t51-,52-,53?,54?,55?,56?,61+,62+,86?/m0/s1. The van der Waals surface area contributed by atoms with Gasteiger partial charge in [0, 0.05) is 19.4 Å². The number of halogens is 2. The van der Waals surface area contributed by atoms with E-state index >= 15 is 4.57 Å². The van der Waals surface area contributed by atoms with Crippen LogP contribution in [-0.2, 0) is 55.1 Å². The smallest absolute Gasteiger partial charge is 0.393 e. The second-order valence-corrected chi connectivity index (χ2v) is 26.0. The molecule has 8 heterocycles. The molecule has 0 radical (unpaired) electrons. The van der Waals surface area contributed by atoms with Crippen LogP contribution in [0.4, 0.5) is 11.6 Å². The van der Waals surface area contributed by atoms with Crippen LogP contribution in [0.15, 0.2) is 73.3 Å². The summed E-state index contributed by atoms with van der Waals surface area (Å²) in [7, 11) is -4.76. The maximum atomic E-state index is 15.3. The first-order valence-electron chi connectivity index (χ1n) is 30.2. The molecule has 4 fully saturated rings. The molecule has 10 rings (SSSR count). The van der Waals surface area contributed by atoms with Crippen LogP contribution in [0.2, 0.25) is 10.0 Å². The molecule has 0 bridgehead atoms. The summed E-state index contributed by atoms with van der Waals surface area (Å²) in [6, 6.07) is 21.6. The highest BCUT2D eigenvalue weighted by Crippen LogP contribution is 2.56. The van der Waals surface area contributed by atoms with E-state index in [2.05, 4.69) is 39.2 Å². The van der Waals surface area contributed by atoms with Crippen molar-refractivity contribution in [3.63, 3.8) is 0 Å². The van der Waals surface area contributed by atoms with Crippen molar-refractivity contribution in [2.75, 3.05) is 31.3 Å². The molecule has 0 saturated carbocycles. The molecule has 2 aromatic carbocycles. The zero-order chi connectivity index (χ0) is 60.7. The highest BCUT2D eigenvalue weighted by atomic mass is 35.5. The molecule has 21 nitrogen and oxygen atoms in total. The van der Waals surface area contributed by atoms with Crippen molar-refractivity contribution in [2.24, 2.45) is 0 Å². The fourth-order valence-electron chi connectivity index (χ4n) is 12.3. The van der Waals surface area contributed by atoms with Gasteiger partial charge in [-0.3, -0.25) is 4.52 Å². The van der Waals surface area contributed by atoms with Gasteiger partial charge in [0.1, 0.15) is 72.5 Å². The van der Waals surface area contributed by atoms with Crippen molar-refractivity contribution in [3.8, 4) is 23.6 Å². The number of hydrogen-bond acceptors (Lipinski definition) is 19. The van der Waals surface area contributed by atoms with Crippen molar-refractivity contribution in [1.82, 2.24) is 29.2 Å². The van der Waals surface area contributed by atoms with E-state index in [1.807, 2.05) is 0 Å². The highest BCUT2D eigenvalue weighted by molar-refractivity contribution is 7.49. The minimum absolute atomic E-state index is 0.00496. The Morgan fingerprint density at radius 3 is 1.41 bits per heavy atom. The lowest BCUT2D eigenvalue weighted by atomic mass is 9.88. The first-order chi connectivity index (χ1) is 41.4. The van der Waals surface area contributed by atoms with E-state index in [-0.39, 0.29) is 59.2 Å². The number of nitrogens with two attached hydrogens (primary N) is 2. The molecule has 4 aliphatic rings. The number of nitrogen functional groups attached to an aromatic ring is 2. The summed E-state index contributed by atoms with van der Waals surface area (Å²) in [5.74, 6) is -1.83. The third kappa shape index (κ3) is 13.9. The third-order valence-electron chi connectivity index (χ3n) is 16.5. The Hall–Kier alpha value is -5.65. The van der Waals surface area contributed by atoms with E-state index in [9.17, 15) is 10.5 Å². The first-order valence-corrected chi connectivity index (χ1v) is 32.5. The quantitative estimate of drug-likeness (QED) is 0.0302. The van der Waals surface area contributed by atoms with Crippen molar-refractivity contribution in [2.45, 2.75) is 210 Å². The molecule has 0 amide bonds. The lowest BCUT2D eigenvalue weighted by molar-refractivity contribution is -0.200. The SMILES string of the molecule is CCCCCCCCCCCCCCCCCCOCCOP(=O)(Oc1cccc(C[C@]2(C#N)O[C@@H](c3ccc4c(N)ncnn34)C3OC(C)(C)OC32)c1Cl)Oc1cccc(C[C@]2(C#N)O[C@@H](c3ccc4c(N)ncnn34)C3OC(C)(C)OC32)c1Cl. The second-order valence-electron chi connectivity index (χ2n) is 23.7. The zero-order valence-electron chi connectivity index (χ0n) is 49.7. The van der Waals surface area contributed by atoms with Gasteiger partial charge in [0.05, 0.1) is 34.6 Å². The minimum Gasteiger partial charge on any atom is -0.393 e. The van der Waals surface area contributed by atoms with Crippen LogP contribution in [0.3, 0.4) is 0 Å². The number of hydrogen-bond donors (Lipinski definition) is 2. The fraction of sp³-hybridized carbons (Fsp3) is 0.581. The molecule has 8 atom stereocenters. The van der Waals surface area contributed by atoms with Crippen molar-refractivity contribution < 1.29 is 51.3 Å². The summed E-state index contributed by atoms with van der Waals surface area (Å²) in [4.78, 5) is 8.23. The van der Waals surface area contributed by atoms with Crippen LogP contribution in [0.1, 0.15) is 172 Å². The molecule has 0 spiro atoms. The fourth-order valence-corrected chi connectivity index (χ4v) is 14.1.